The fraction of sp³-hybridized carbons (Fsp3) is 0.857. The highest BCUT2D eigenvalue weighted by molar-refractivity contribution is 5.82. The van der Waals surface area contributed by atoms with E-state index in [0.717, 1.165) is 19.3 Å². The lowest BCUT2D eigenvalue weighted by atomic mass is 9.91. The van der Waals surface area contributed by atoms with Crippen molar-refractivity contribution in [3.63, 3.8) is 0 Å². The van der Waals surface area contributed by atoms with Crippen molar-refractivity contribution in [2.75, 3.05) is 27.3 Å². The maximum Gasteiger partial charge on any atom is 0.411 e. The number of nitrogens with zero attached hydrogens (tertiary/aromatic N) is 2. The van der Waals surface area contributed by atoms with Crippen LogP contribution >= 0.6 is 0 Å². The summed E-state index contributed by atoms with van der Waals surface area (Å²) < 4.78 is 20.2. The maximum absolute atomic E-state index is 12.2. The molecule has 2 rings (SSSR count). The second kappa shape index (κ2) is 15.2. The van der Waals surface area contributed by atoms with Crippen LogP contribution in [0.15, 0.2) is 0 Å². The summed E-state index contributed by atoms with van der Waals surface area (Å²) in [5.74, 6) is 0.0695. The lowest BCUT2D eigenvalue weighted by Gasteiger charge is -2.38. The summed E-state index contributed by atoms with van der Waals surface area (Å²) in [4.78, 5) is 50.8. The Hall–Kier alpha value is -2.52. The van der Waals surface area contributed by atoms with Crippen LogP contribution in [0.1, 0.15) is 94.9 Å². The fourth-order valence-electron chi connectivity index (χ4n) is 4.34. The van der Waals surface area contributed by atoms with Crippen molar-refractivity contribution in [3.05, 3.63) is 0 Å². The molecule has 0 N–H and O–H groups in total. The van der Waals surface area contributed by atoms with Gasteiger partial charge in [0.25, 0.3) is 0 Å². The third-order valence-electron chi connectivity index (χ3n) is 6.28. The molecule has 2 aliphatic rings. The quantitative estimate of drug-likeness (QED) is 0.342. The number of ether oxygens (including phenoxy) is 4. The second-order valence-electron chi connectivity index (χ2n) is 11.9. The first kappa shape index (κ1) is 35.5. The number of likely N-dealkylation sites (tertiary alicyclic amines) is 2. The zero-order chi connectivity index (χ0) is 28.6. The zero-order valence-corrected chi connectivity index (χ0v) is 24.4. The van der Waals surface area contributed by atoms with Crippen molar-refractivity contribution >= 4 is 24.1 Å². The van der Waals surface area contributed by atoms with E-state index >= 15 is 0 Å². The zero-order valence-electron chi connectivity index (χ0n) is 24.4. The summed E-state index contributed by atoms with van der Waals surface area (Å²) in [6.45, 7) is 16.1. The number of rotatable bonds is 3. The fourth-order valence-corrected chi connectivity index (χ4v) is 4.34. The van der Waals surface area contributed by atoms with Crippen LogP contribution in [0.2, 0.25) is 0 Å². The van der Waals surface area contributed by atoms with E-state index in [0.29, 0.717) is 37.8 Å². The largest absolute Gasteiger partial charge is 0.467 e. The van der Waals surface area contributed by atoms with Gasteiger partial charge in [-0.2, -0.15) is 0 Å². The molecule has 0 bridgehead atoms. The third-order valence-corrected chi connectivity index (χ3v) is 6.28. The summed E-state index contributed by atoms with van der Waals surface area (Å²) >= 11 is 0. The molecule has 0 aromatic heterocycles. The molecular weight excluding hydrogens is 492 g/mol. The van der Waals surface area contributed by atoms with E-state index in [4.69, 9.17) is 18.9 Å². The molecule has 2 heterocycles. The van der Waals surface area contributed by atoms with Gasteiger partial charge in [0.05, 0.1) is 14.2 Å². The summed E-state index contributed by atoms with van der Waals surface area (Å²) in [5, 5.41) is 0. The molecular formula is C28H52N2O8. The van der Waals surface area contributed by atoms with Crippen molar-refractivity contribution in [3.8, 4) is 0 Å². The number of methoxy groups -OCH3 is 2. The molecule has 0 radical (unpaired) electrons. The minimum atomic E-state index is -0.559. The maximum atomic E-state index is 12.2. The molecule has 0 aliphatic carbocycles. The molecule has 222 valence electrons. The minimum Gasteiger partial charge on any atom is -0.467 e. The van der Waals surface area contributed by atoms with Gasteiger partial charge in [-0.3, -0.25) is 9.80 Å². The van der Waals surface area contributed by atoms with Gasteiger partial charge in [0.15, 0.2) is 0 Å². The van der Waals surface area contributed by atoms with Crippen molar-refractivity contribution < 1.29 is 38.1 Å². The molecule has 2 saturated heterocycles. The Kier molecular flexibility index (Phi) is 14.2. The number of esters is 2. The van der Waals surface area contributed by atoms with Crippen LogP contribution in [0.5, 0.6) is 0 Å². The molecule has 10 nitrogen and oxygen atoms in total. The van der Waals surface area contributed by atoms with Crippen molar-refractivity contribution in [1.29, 1.82) is 0 Å². The van der Waals surface area contributed by atoms with Crippen LogP contribution in [-0.2, 0) is 28.5 Å². The highest BCUT2D eigenvalue weighted by atomic mass is 16.6. The molecule has 2 amide bonds. The SMILES string of the molecule is C.CC[C@@H]1CC[C@@H](C(=O)OC)N(C(=O)OC(C)(C)C)C1.COC(=O)[C@@H]1CC[C@H](C)CN1C(=O)OC(C)(C)C. The van der Waals surface area contributed by atoms with Gasteiger partial charge < -0.3 is 18.9 Å². The number of amides is 2. The van der Waals surface area contributed by atoms with E-state index in [1.165, 1.54) is 24.0 Å². The first-order valence-corrected chi connectivity index (χ1v) is 13.2. The summed E-state index contributed by atoms with van der Waals surface area (Å²) in [7, 11) is 2.69. The predicted octanol–water partition coefficient (Wildman–Crippen LogP) is 5.42. The van der Waals surface area contributed by atoms with E-state index in [-0.39, 0.29) is 19.4 Å². The van der Waals surface area contributed by atoms with Crippen LogP contribution in [-0.4, -0.2) is 84.5 Å². The number of carbonyl (C=O) groups is 4. The van der Waals surface area contributed by atoms with Crippen LogP contribution in [0, 0.1) is 11.8 Å². The Morgan fingerprint density at radius 1 is 0.711 bits per heavy atom. The Labute approximate surface area is 229 Å². The molecule has 0 spiro atoms. The molecule has 0 saturated carbocycles. The van der Waals surface area contributed by atoms with Gasteiger partial charge in [0.2, 0.25) is 0 Å². The number of hydrogen-bond acceptors (Lipinski definition) is 8. The lowest BCUT2D eigenvalue weighted by molar-refractivity contribution is -0.149. The van der Waals surface area contributed by atoms with E-state index in [1.807, 2.05) is 41.5 Å². The second-order valence-corrected chi connectivity index (χ2v) is 11.9. The van der Waals surface area contributed by atoms with Crippen LogP contribution in [0.4, 0.5) is 9.59 Å². The summed E-state index contributed by atoms with van der Waals surface area (Å²) in [5.41, 5.74) is -1.12. The van der Waals surface area contributed by atoms with Gasteiger partial charge in [-0.15, -0.1) is 0 Å². The first-order valence-electron chi connectivity index (χ1n) is 13.2. The molecule has 0 aromatic rings. The topological polar surface area (TPSA) is 112 Å². The van der Waals surface area contributed by atoms with Crippen molar-refractivity contribution in [2.24, 2.45) is 11.8 Å². The Bertz CT molecular complexity index is 787. The van der Waals surface area contributed by atoms with Gasteiger partial charge in [-0.05, 0) is 79.1 Å². The molecule has 2 aliphatic heterocycles. The highest BCUT2D eigenvalue weighted by Crippen LogP contribution is 2.27. The van der Waals surface area contributed by atoms with Gasteiger partial charge in [-0.25, -0.2) is 19.2 Å². The Morgan fingerprint density at radius 3 is 1.47 bits per heavy atom. The lowest BCUT2D eigenvalue weighted by Crippen LogP contribution is -2.52. The van der Waals surface area contributed by atoms with Gasteiger partial charge in [0.1, 0.15) is 23.3 Å². The van der Waals surface area contributed by atoms with E-state index in [2.05, 4.69) is 13.8 Å². The first-order chi connectivity index (χ1) is 17.0. The van der Waals surface area contributed by atoms with Crippen LogP contribution in [0.3, 0.4) is 0 Å². The average Bonchev–Trinajstić information content (AvgIpc) is 2.80. The average molecular weight is 545 g/mol. The molecule has 4 atom stereocenters. The third kappa shape index (κ3) is 11.5. The van der Waals surface area contributed by atoms with Gasteiger partial charge >= 0.3 is 24.1 Å². The normalized spacial score (nSPS) is 23.6. The van der Waals surface area contributed by atoms with E-state index < -0.39 is 35.5 Å². The Balaban J connectivity index is 0.000000703. The molecule has 0 unspecified atom stereocenters. The molecule has 10 heteroatoms. The van der Waals surface area contributed by atoms with Crippen molar-refractivity contribution in [2.45, 2.75) is 118 Å². The molecule has 0 aromatic carbocycles. The smallest absolute Gasteiger partial charge is 0.411 e. The van der Waals surface area contributed by atoms with Gasteiger partial charge in [-0.1, -0.05) is 27.7 Å². The van der Waals surface area contributed by atoms with Crippen molar-refractivity contribution in [1.82, 2.24) is 9.80 Å². The Morgan fingerprint density at radius 2 is 1.11 bits per heavy atom. The van der Waals surface area contributed by atoms with Crippen LogP contribution < -0.4 is 0 Å². The number of piperidine rings is 2. The number of hydrogen-bond donors (Lipinski definition) is 0. The predicted molar refractivity (Wildman–Crippen MR) is 146 cm³/mol. The molecule has 38 heavy (non-hydrogen) atoms. The van der Waals surface area contributed by atoms with Gasteiger partial charge in [0, 0.05) is 13.1 Å². The summed E-state index contributed by atoms with van der Waals surface area (Å²) in [6, 6.07) is -1.02. The monoisotopic (exact) mass is 544 g/mol. The highest BCUT2D eigenvalue weighted by Gasteiger charge is 2.39. The molecule has 2 fully saturated rings. The number of carbonyl (C=O) groups excluding carboxylic acids is 4. The minimum absolute atomic E-state index is 0. The van der Waals surface area contributed by atoms with E-state index in [1.54, 1.807) is 0 Å². The standard InChI is InChI=1S/C14H25NO4.C13H23NO4.CH4/c1-6-10-7-8-11(12(16)18-5)15(9-10)13(17)19-14(2,3)4;1-9-6-7-10(11(15)17-5)14(8-9)12(16)18-13(2,3)4;/h10-11H,6-9H2,1-5H3;9-10H,6-8H2,1-5H3;1H4/t10-,11+;9-,10-;/m10./s1. The summed E-state index contributed by atoms with van der Waals surface area (Å²) in [6.07, 6.45) is 3.25. The van der Waals surface area contributed by atoms with Crippen LogP contribution in [0.25, 0.3) is 0 Å². The van der Waals surface area contributed by atoms with E-state index in [9.17, 15) is 19.2 Å².